The molecule has 15 heavy (non-hydrogen) atoms. The molecular weight excluding hydrogens is 205 g/mol. The fourth-order valence-electron chi connectivity index (χ4n) is 0.991. The van der Waals surface area contributed by atoms with E-state index in [9.17, 15) is 18.4 Å². The van der Waals surface area contributed by atoms with E-state index < -0.39 is 29.0 Å². The van der Waals surface area contributed by atoms with Crippen LogP contribution < -0.4 is 5.46 Å². The van der Waals surface area contributed by atoms with Gasteiger partial charge >= 0.3 is 5.97 Å². The molecule has 0 saturated heterocycles. The molecule has 0 aliphatic carbocycles. The van der Waals surface area contributed by atoms with Crippen LogP contribution in [-0.4, -0.2) is 26.7 Å². The summed E-state index contributed by atoms with van der Waals surface area (Å²) in [7, 11) is 6.20. The Kier molecular flexibility index (Phi) is 3.19. The monoisotopic (exact) mass is 210 g/mol. The van der Waals surface area contributed by atoms with Gasteiger partial charge in [-0.2, -0.15) is 0 Å². The Hall–Kier alpha value is -1.72. The number of hydrogen-bond donors (Lipinski definition) is 0. The Morgan fingerprint density at radius 2 is 1.93 bits per heavy atom. The van der Waals surface area contributed by atoms with Crippen LogP contribution in [0.4, 0.5) is 8.78 Å². The second kappa shape index (κ2) is 4.21. The van der Waals surface area contributed by atoms with E-state index in [1.165, 1.54) is 0 Å². The number of esters is 1. The van der Waals surface area contributed by atoms with Gasteiger partial charge in [-0.25, -0.2) is 13.6 Å². The number of carbonyl (C=O) groups excluding carboxylic acids is 2. The highest BCUT2D eigenvalue weighted by Gasteiger charge is 2.24. The van der Waals surface area contributed by atoms with Gasteiger partial charge in [0.05, 0.1) is 12.7 Å². The third kappa shape index (κ3) is 2.03. The van der Waals surface area contributed by atoms with Gasteiger partial charge in [0.2, 0.25) is 0 Å². The molecule has 1 aromatic carbocycles. The van der Waals surface area contributed by atoms with E-state index >= 15 is 0 Å². The van der Waals surface area contributed by atoms with E-state index in [2.05, 4.69) is 4.74 Å². The lowest BCUT2D eigenvalue weighted by molar-refractivity contribution is -0.135. The second-order valence-electron chi connectivity index (χ2n) is 2.65. The first-order valence-electron chi connectivity index (χ1n) is 3.85. The molecule has 0 atom stereocenters. The molecule has 0 aliphatic heterocycles. The first-order chi connectivity index (χ1) is 6.99. The average Bonchev–Trinajstić information content (AvgIpc) is 2.22. The van der Waals surface area contributed by atoms with Gasteiger partial charge in [0.15, 0.2) is 11.6 Å². The third-order valence-corrected chi connectivity index (χ3v) is 1.72. The van der Waals surface area contributed by atoms with Gasteiger partial charge in [0, 0.05) is 0 Å². The van der Waals surface area contributed by atoms with Crippen molar-refractivity contribution in [3.05, 3.63) is 29.3 Å². The van der Waals surface area contributed by atoms with E-state index in [1.807, 2.05) is 0 Å². The Bertz CT molecular complexity index is 432. The average molecular weight is 210 g/mol. The minimum absolute atomic E-state index is 0.315. The molecule has 1 aromatic rings. The molecule has 0 bridgehead atoms. The van der Waals surface area contributed by atoms with Crippen LogP contribution in [-0.2, 0) is 9.53 Å². The number of hydrogen-bond acceptors (Lipinski definition) is 3. The molecule has 0 aliphatic rings. The van der Waals surface area contributed by atoms with Crippen LogP contribution in [0.25, 0.3) is 0 Å². The van der Waals surface area contributed by atoms with Gasteiger partial charge < -0.3 is 4.74 Å². The van der Waals surface area contributed by atoms with Crippen molar-refractivity contribution in [3.8, 4) is 0 Å². The molecule has 0 aromatic heterocycles. The highest BCUT2D eigenvalue weighted by Crippen LogP contribution is 2.10. The van der Waals surface area contributed by atoms with Crippen LogP contribution in [0.2, 0.25) is 0 Å². The first-order valence-corrected chi connectivity index (χ1v) is 3.85. The number of carbonyl (C=O) groups is 2. The zero-order chi connectivity index (χ0) is 11.6. The van der Waals surface area contributed by atoms with Crippen molar-refractivity contribution in [2.45, 2.75) is 0 Å². The summed E-state index contributed by atoms with van der Waals surface area (Å²) in [5.41, 5.74) is -1.12. The summed E-state index contributed by atoms with van der Waals surface area (Å²) in [6.45, 7) is 0. The minimum Gasteiger partial charge on any atom is -0.463 e. The zero-order valence-corrected chi connectivity index (χ0v) is 7.71. The number of ketones is 1. The van der Waals surface area contributed by atoms with Crippen molar-refractivity contribution in [3.63, 3.8) is 0 Å². The molecule has 2 radical (unpaired) electrons. The Morgan fingerprint density at radius 1 is 1.33 bits per heavy atom. The number of halogens is 2. The summed E-state index contributed by atoms with van der Waals surface area (Å²) in [6, 6.07) is 1.76. The maximum atomic E-state index is 13.1. The molecule has 0 fully saturated rings. The van der Waals surface area contributed by atoms with Gasteiger partial charge in [-0.05, 0) is 6.07 Å². The van der Waals surface area contributed by atoms with Crippen molar-refractivity contribution in [1.82, 2.24) is 0 Å². The highest BCUT2D eigenvalue weighted by atomic mass is 19.2. The maximum absolute atomic E-state index is 13.1. The summed E-state index contributed by atoms with van der Waals surface area (Å²) >= 11 is 0. The van der Waals surface area contributed by atoms with Crippen LogP contribution >= 0.6 is 0 Å². The van der Waals surface area contributed by atoms with E-state index in [1.54, 1.807) is 0 Å². The highest BCUT2D eigenvalue weighted by molar-refractivity contribution is 6.47. The van der Waals surface area contributed by atoms with Gasteiger partial charge in [0.25, 0.3) is 5.78 Å². The molecule has 6 heteroatoms. The van der Waals surface area contributed by atoms with E-state index in [0.717, 1.165) is 19.2 Å². The molecule has 3 nitrogen and oxygen atoms in total. The summed E-state index contributed by atoms with van der Waals surface area (Å²) in [5.74, 6) is -5.32. The molecule has 76 valence electrons. The third-order valence-electron chi connectivity index (χ3n) is 1.72. The van der Waals surface area contributed by atoms with Gasteiger partial charge in [0.1, 0.15) is 7.85 Å². The zero-order valence-electron chi connectivity index (χ0n) is 7.71. The largest absolute Gasteiger partial charge is 0.463 e. The van der Waals surface area contributed by atoms with Crippen molar-refractivity contribution in [2.24, 2.45) is 0 Å². The predicted molar refractivity (Wildman–Crippen MR) is 48.1 cm³/mol. The minimum atomic E-state index is -1.45. The molecular formula is C9H5BF2O3. The van der Waals surface area contributed by atoms with Crippen molar-refractivity contribution in [2.75, 3.05) is 7.11 Å². The normalized spacial score (nSPS) is 9.80. The first kappa shape index (κ1) is 11.4. The van der Waals surface area contributed by atoms with Crippen LogP contribution in [0.5, 0.6) is 0 Å². The van der Waals surface area contributed by atoms with Crippen LogP contribution in [0.3, 0.4) is 0 Å². The molecule has 0 heterocycles. The second-order valence-corrected chi connectivity index (χ2v) is 2.65. The van der Waals surface area contributed by atoms with Crippen molar-refractivity contribution >= 4 is 25.1 Å². The maximum Gasteiger partial charge on any atom is 0.379 e. The Morgan fingerprint density at radius 3 is 2.47 bits per heavy atom. The van der Waals surface area contributed by atoms with Crippen molar-refractivity contribution in [1.29, 1.82) is 0 Å². The Balaban J connectivity index is 3.31. The quantitative estimate of drug-likeness (QED) is 0.301. The smallest absolute Gasteiger partial charge is 0.379 e. The summed E-state index contributed by atoms with van der Waals surface area (Å²) in [4.78, 5) is 22.0. The van der Waals surface area contributed by atoms with Crippen LogP contribution in [0.15, 0.2) is 12.1 Å². The molecule has 0 spiro atoms. The van der Waals surface area contributed by atoms with Gasteiger partial charge in [-0.3, -0.25) is 4.79 Å². The SMILES string of the molecule is [B]c1ccc(F)c(F)c1C(=O)C(=O)OC. The van der Waals surface area contributed by atoms with E-state index in [4.69, 9.17) is 7.85 Å². The molecule has 0 unspecified atom stereocenters. The molecule has 0 N–H and O–H groups in total. The number of rotatable bonds is 2. The standard InChI is InChI=1S/C9H5BF2O3/c1-15-9(14)8(13)6-4(10)2-3-5(11)7(6)12/h2-3H,1H3. The lowest BCUT2D eigenvalue weighted by Crippen LogP contribution is -2.26. The number of benzene rings is 1. The lowest BCUT2D eigenvalue weighted by atomic mass is 9.88. The fraction of sp³-hybridized carbons (Fsp3) is 0.111. The van der Waals surface area contributed by atoms with Crippen LogP contribution in [0.1, 0.15) is 10.4 Å². The predicted octanol–water partition coefficient (Wildman–Crippen LogP) is 0.114. The fourth-order valence-corrected chi connectivity index (χ4v) is 0.991. The topological polar surface area (TPSA) is 43.4 Å². The van der Waals surface area contributed by atoms with Gasteiger partial charge in [-0.1, -0.05) is 11.5 Å². The summed E-state index contributed by atoms with van der Waals surface area (Å²) in [5, 5.41) is 0. The number of ether oxygens (including phenoxy) is 1. The van der Waals surface area contributed by atoms with Crippen molar-refractivity contribution < 1.29 is 23.1 Å². The van der Waals surface area contributed by atoms with E-state index in [-0.39, 0.29) is 5.46 Å². The Labute approximate surface area is 85.4 Å². The lowest BCUT2D eigenvalue weighted by Gasteiger charge is -2.05. The molecule has 0 amide bonds. The molecule has 0 saturated carbocycles. The molecule has 1 rings (SSSR count). The number of Topliss-reactive ketones (excluding diaryl/α,β-unsaturated/α-hetero) is 1. The van der Waals surface area contributed by atoms with E-state index in [0.29, 0.717) is 0 Å². The number of methoxy groups -OCH3 is 1. The van der Waals surface area contributed by atoms with Gasteiger partial charge in [-0.15, -0.1) is 0 Å². The summed E-state index contributed by atoms with van der Waals surface area (Å²) in [6.07, 6.45) is 0. The summed E-state index contributed by atoms with van der Waals surface area (Å²) < 4.78 is 30.0. The van der Waals surface area contributed by atoms with Crippen LogP contribution in [0, 0.1) is 11.6 Å².